The van der Waals surface area contributed by atoms with Crippen molar-refractivity contribution in [3.05, 3.63) is 0 Å². The molecule has 0 spiro atoms. The monoisotopic (exact) mass is 131 g/mol. The van der Waals surface area contributed by atoms with Crippen molar-refractivity contribution in [3.63, 3.8) is 0 Å². The zero-order valence-electron chi connectivity index (χ0n) is 5.63. The molecule has 1 aliphatic heterocycles. The molecule has 1 rings (SSSR count). The summed E-state index contributed by atoms with van der Waals surface area (Å²) in [5, 5.41) is 11.8. The molecule has 1 saturated heterocycles. The summed E-state index contributed by atoms with van der Waals surface area (Å²) in [5.41, 5.74) is 0. The molecule has 2 N–H and O–H groups in total. The van der Waals surface area contributed by atoms with E-state index in [-0.39, 0.29) is 12.7 Å². The standard InChI is InChI=1S/C6H13NO2/c1-5-4-9-6(3-8)2-7-5/h5-8H,2-4H2,1H3/t5-,6+/m1/s1. The smallest absolute Gasteiger partial charge is 0.0930 e. The summed E-state index contributed by atoms with van der Waals surface area (Å²) >= 11 is 0. The van der Waals surface area contributed by atoms with Gasteiger partial charge in [-0.1, -0.05) is 0 Å². The molecule has 0 bridgehead atoms. The van der Waals surface area contributed by atoms with E-state index in [1.807, 2.05) is 0 Å². The third-order valence-corrected chi connectivity index (χ3v) is 1.48. The van der Waals surface area contributed by atoms with Crippen LogP contribution < -0.4 is 5.32 Å². The average Bonchev–Trinajstić information content (AvgIpc) is 1.90. The largest absolute Gasteiger partial charge is 0.394 e. The van der Waals surface area contributed by atoms with Gasteiger partial charge in [0.15, 0.2) is 0 Å². The van der Waals surface area contributed by atoms with Crippen molar-refractivity contribution < 1.29 is 9.84 Å². The van der Waals surface area contributed by atoms with E-state index in [1.54, 1.807) is 0 Å². The number of morpholine rings is 1. The fourth-order valence-electron chi connectivity index (χ4n) is 0.848. The van der Waals surface area contributed by atoms with Gasteiger partial charge >= 0.3 is 0 Å². The topological polar surface area (TPSA) is 41.5 Å². The summed E-state index contributed by atoms with van der Waals surface area (Å²) in [4.78, 5) is 0. The first-order chi connectivity index (χ1) is 4.33. The Kier molecular flexibility index (Phi) is 2.45. The van der Waals surface area contributed by atoms with Crippen molar-refractivity contribution in [3.8, 4) is 0 Å². The lowest BCUT2D eigenvalue weighted by Crippen LogP contribution is -2.46. The first-order valence-corrected chi connectivity index (χ1v) is 3.28. The highest BCUT2D eigenvalue weighted by atomic mass is 16.5. The quantitative estimate of drug-likeness (QED) is 0.497. The van der Waals surface area contributed by atoms with Crippen molar-refractivity contribution in [1.29, 1.82) is 0 Å². The van der Waals surface area contributed by atoms with Crippen LogP contribution in [0.1, 0.15) is 6.92 Å². The molecule has 0 aromatic heterocycles. The predicted molar refractivity (Wildman–Crippen MR) is 34.3 cm³/mol. The number of hydrogen-bond acceptors (Lipinski definition) is 3. The fraction of sp³-hybridized carbons (Fsp3) is 1.00. The van der Waals surface area contributed by atoms with Crippen molar-refractivity contribution >= 4 is 0 Å². The lowest BCUT2D eigenvalue weighted by Gasteiger charge is -2.26. The van der Waals surface area contributed by atoms with Crippen molar-refractivity contribution in [2.45, 2.75) is 19.1 Å². The minimum atomic E-state index is 0.0150. The van der Waals surface area contributed by atoms with Crippen molar-refractivity contribution in [1.82, 2.24) is 5.32 Å². The summed E-state index contributed by atoms with van der Waals surface area (Å²) in [6, 6.07) is 0.438. The summed E-state index contributed by atoms with van der Waals surface area (Å²) < 4.78 is 5.23. The van der Waals surface area contributed by atoms with Gasteiger partial charge < -0.3 is 15.2 Å². The second-order valence-electron chi connectivity index (χ2n) is 2.45. The van der Waals surface area contributed by atoms with Gasteiger partial charge in [0.2, 0.25) is 0 Å². The second-order valence-corrected chi connectivity index (χ2v) is 2.45. The van der Waals surface area contributed by atoms with Crippen LogP contribution in [0.3, 0.4) is 0 Å². The Bertz CT molecular complexity index is 79.1. The summed E-state index contributed by atoms with van der Waals surface area (Å²) in [6.45, 7) is 3.68. The van der Waals surface area contributed by atoms with Gasteiger partial charge in [-0.25, -0.2) is 0 Å². The number of aliphatic hydroxyl groups excluding tert-OH is 1. The lowest BCUT2D eigenvalue weighted by atomic mass is 10.2. The van der Waals surface area contributed by atoms with Gasteiger partial charge in [0.05, 0.1) is 19.3 Å². The lowest BCUT2D eigenvalue weighted by molar-refractivity contribution is -0.0222. The van der Waals surface area contributed by atoms with E-state index in [9.17, 15) is 0 Å². The van der Waals surface area contributed by atoms with Crippen molar-refractivity contribution in [2.24, 2.45) is 0 Å². The minimum absolute atomic E-state index is 0.0150. The molecule has 2 atom stereocenters. The molecular weight excluding hydrogens is 118 g/mol. The van der Waals surface area contributed by atoms with Crippen LogP contribution in [0.5, 0.6) is 0 Å². The Labute approximate surface area is 55.0 Å². The van der Waals surface area contributed by atoms with Crippen LogP contribution in [-0.4, -0.2) is 37.0 Å². The van der Waals surface area contributed by atoms with E-state index >= 15 is 0 Å². The highest BCUT2D eigenvalue weighted by molar-refractivity contribution is 4.71. The van der Waals surface area contributed by atoms with Gasteiger partial charge in [0.25, 0.3) is 0 Å². The van der Waals surface area contributed by atoms with E-state index in [0.29, 0.717) is 12.6 Å². The number of aliphatic hydroxyl groups is 1. The maximum atomic E-state index is 8.61. The molecule has 1 heterocycles. The number of nitrogens with one attached hydrogen (secondary N) is 1. The molecule has 3 heteroatoms. The molecule has 3 nitrogen and oxygen atoms in total. The SMILES string of the molecule is C[C@@H]1CO[C@H](CO)CN1. The summed E-state index contributed by atoms with van der Waals surface area (Å²) in [7, 11) is 0. The second kappa shape index (κ2) is 3.15. The molecule has 0 radical (unpaired) electrons. The predicted octanol–water partition coefficient (Wildman–Crippen LogP) is -0.644. The van der Waals surface area contributed by atoms with E-state index in [1.165, 1.54) is 0 Å². The molecule has 1 fully saturated rings. The summed E-state index contributed by atoms with van der Waals surface area (Å²) in [6.07, 6.45) is 0.0150. The van der Waals surface area contributed by atoms with Gasteiger partial charge in [-0.3, -0.25) is 0 Å². The molecule has 0 saturated carbocycles. The van der Waals surface area contributed by atoms with E-state index in [2.05, 4.69) is 12.2 Å². The Hall–Kier alpha value is -0.120. The van der Waals surface area contributed by atoms with Gasteiger partial charge in [-0.15, -0.1) is 0 Å². The zero-order chi connectivity index (χ0) is 6.69. The fourth-order valence-corrected chi connectivity index (χ4v) is 0.848. The Morgan fingerprint density at radius 3 is 3.00 bits per heavy atom. The number of rotatable bonds is 1. The van der Waals surface area contributed by atoms with Crippen LogP contribution in [0.15, 0.2) is 0 Å². The molecule has 0 aromatic rings. The molecule has 0 amide bonds. The highest BCUT2D eigenvalue weighted by Crippen LogP contribution is 1.98. The molecular formula is C6H13NO2. The Morgan fingerprint density at radius 1 is 1.78 bits per heavy atom. The van der Waals surface area contributed by atoms with E-state index < -0.39 is 0 Å². The third kappa shape index (κ3) is 1.93. The molecule has 0 aliphatic carbocycles. The van der Waals surface area contributed by atoms with Crippen LogP contribution in [0.25, 0.3) is 0 Å². The Morgan fingerprint density at radius 2 is 2.56 bits per heavy atom. The highest BCUT2D eigenvalue weighted by Gasteiger charge is 2.15. The van der Waals surface area contributed by atoms with Gasteiger partial charge in [-0.2, -0.15) is 0 Å². The van der Waals surface area contributed by atoms with Gasteiger partial charge in [-0.05, 0) is 6.92 Å². The van der Waals surface area contributed by atoms with Crippen LogP contribution in [0.2, 0.25) is 0 Å². The summed E-state index contributed by atoms with van der Waals surface area (Å²) in [5.74, 6) is 0. The number of ether oxygens (including phenoxy) is 1. The van der Waals surface area contributed by atoms with E-state index in [0.717, 1.165) is 6.54 Å². The van der Waals surface area contributed by atoms with Crippen molar-refractivity contribution in [2.75, 3.05) is 19.8 Å². The maximum absolute atomic E-state index is 8.61. The molecule has 0 unspecified atom stereocenters. The first-order valence-electron chi connectivity index (χ1n) is 3.28. The van der Waals surface area contributed by atoms with Gasteiger partial charge in [0, 0.05) is 12.6 Å². The number of hydrogen-bond donors (Lipinski definition) is 2. The third-order valence-electron chi connectivity index (χ3n) is 1.48. The molecule has 9 heavy (non-hydrogen) atoms. The first kappa shape index (κ1) is 6.99. The molecule has 54 valence electrons. The maximum Gasteiger partial charge on any atom is 0.0930 e. The van der Waals surface area contributed by atoms with Crippen LogP contribution in [-0.2, 0) is 4.74 Å². The van der Waals surface area contributed by atoms with E-state index in [4.69, 9.17) is 9.84 Å². The zero-order valence-corrected chi connectivity index (χ0v) is 5.63. The van der Waals surface area contributed by atoms with Crippen LogP contribution in [0.4, 0.5) is 0 Å². The van der Waals surface area contributed by atoms with Crippen LogP contribution in [0, 0.1) is 0 Å². The molecule has 0 aromatic carbocycles. The Balaban J connectivity index is 2.18. The van der Waals surface area contributed by atoms with Gasteiger partial charge in [0.1, 0.15) is 0 Å². The average molecular weight is 131 g/mol. The molecule has 1 aliphatic rings. The normalized spacial score (nSPS) is 36.7. The minimum Gasteiger partial charge on any atom is -0.394 e. The van der Waals surface area contributed by atoms with Crippen LogP contribution >= 0.6 is 0 Å².